The summed E-state index contributed by atoms with van der Waals surface area (Å²) in [5.41, 5.74) is 9.18. The molecule has 78 valence electrons. The minimum atomic E-state index is 0.684. The summed E-state index contributed by atoms with van der Waals surface area (Å²) in [6.45, 7) is 1.89. The highest BCUT2D eigenvalue weighted by Gasteiger charge is 2.09. The number of nitrogens with two attached hydrogens (primary N) is 1. The lowest BCUT2D eigenvalue weighted by Gasteiger charge is -2.02. The fraction of sp³-hybridized carbons (Fsp3) is 0.182. The van der Waals surface area contributed by atoms with Gasteiger partial charge in [-0.3, -0.25) is 5.10 Å². The molecule has 0 fully saturated rings. The normalized spacial score (nSPS) is 10.3. The molecule has 15 heavy (non-hydrogen) atoms. The van der Waals surface area contributed by atoms with Gasteiger partial charge in [-0.15, -0.1) is 0 Å². The molecule has 4 heteroatoms. The molecule has 0 radical (unpaired) electrons. The van der Waals surface area contributed by atoms with Gasteiger partial charge in [-0.1, -0.05) is 12.1 Å². The Balaban J connectivity index is 2.49. The highest BCUT2D eigenvalue weighted by Crippen LogP contribution is 2.27. The van der Waals surface area contributed by atoms with Gasteiger partial charge in [0.25, 0.3) is 0 Å². The van der Waals surface area contributed by atoms with Crippen LogP contribution in [0.15, 0.2) is 24.3 Å². The van der Waals surface area contributed by atoms with Crippen LogP contribution in [0.1, 0.15) is 5.69 Å². The van der Waals surface area contributed by atoms with Gasteiger partial charge in [-0.25, -0.2) is 0 Å². The molecule has 2 rings (SSSR count). The van der Waals surface area contributed by atoms with Gasteiger partial charge in [0, 0.05) is 5.56 Å². The number of methoxy groups -OCH3 is 1. The Hall–Kier alpha value is -1.97. The van der Waals surface area contributed by atoms with E-state index in [1.165, 1.54) is 0 Å². The third-order valence-electron chi connectivity index (χ3n) is 2.34. The van der Waals surface area contributed by atoms with Crippen LogP contribution in [0.4, 0.5) is 5.69 Å². The molecule has 0 amide bonds. The van der Waals surface area contributed by atoms with Crippen molar-refractivity contribution in [3.05, 3.63) is 30.0 Å². The summed E-state index contributed by atoms with van der Waals surface area (Å²) in [6.07, 6.45) is 0. The van der Waals surface area contributed by atoms with Crippen molar-refractivity contribution < 1.29 is 4.74 Å². The monoisotopic (exact) mass is 203 g/mol. The fourth-order valence-corrected chi connectivity index (χ4v) is 1.43. The van der Waals surface area contributed by atoms with Gasteiger partial charge in [0.2, 0.25) is 0 Å². The van der Waals surface area contributed by atoms with E-state index in [4.69, 9.17) is 10.5 Å². The lowest BCUT2D eigenvalue weighted by Crippen LogP contribution is -1.89. The summed E-state index contributed by atoms with van der Waals surface area (Å²) in [7, 11) is 1.64. The highest BCUT2D eigenvalue weighted by molar-refractivity contribution is 5.74. The maximum absolute atomic E-state index is 5.89. The van der Waals surface area contributed by atoms with Gasteiger partial charge in [-0.2, -0.15) is 5.10 Å². The Morgan fingerprint density at radius 1 is 1.40 bits per heavy atom. The Bertz CT molecular complexity index is 476. The van der Waals surface area contributed by atoms with Crippen molar-refractivity contribution in [3.63, 3.8) is 0 Å². The predicted molar refractivity (Wildman–Crippen MR) is 59.7 cm³/mol. The van der Waals surface area contributed by atoms with Crippen molar-refractivity contribution in [2.45, 2.75) is 6.92 Å². The number of hydrogen-bond donors (Lipinski definition) is 2. The summed E-state index contributed by atoms with van der Waals surface area (Å²) >= 11 is 0. The molecular formula is C11H13N3O. The quantitative estimate of drug-likeness (QED) is 0.784. The number of nitrogens with one attached hydrogen (secondary N) is 1. The van der Waals surface area contributed by atoms with Crippen molar-refractivity contribution in [1.29, 1.82) is 0 Å². The first kappa shape index (κ1) is 9.58. The van der Waals surface area contributed by atoms with Crippen molar-refractivity contribution in [3.8, 4) is 17.0 Å². The molecule has 1 aromatic carbocycles. The molecule has 0 spiro atoms. The molecular weight excluding hydrogens is 190 g/mol. The third kappa shape index (κ3) is 1.66. The summed E-state index contributed by atoms with van der Waals surface area (Å²) in [4.78, 5) is 0. The van der Waals surface area contributed by atoms with Crippen molar-refractivity contribution in [2.24, 2.45) is 0 Å². The molecule has 0 atom stereocenters. The minimum Gasteiger partial charge on any atom is -0.497 e. The lowest BCUT2D eigenvalue weighted by molar-refractivity contribution is 0.415. The number of aromatic nitrogens is 2. The lowest BCUT2D eigenvalue weighted by atomic mass is 10.1. The molecule has 0 aliphatic carbocycles. The Morgan fingerprint density at radius 3 is 2.80 bits per heavy atom. The summed E-state index contributed by atoms with van der Waals surface area (Å²) in [6, 6.07) is 7.66. The predicted octanol–water partition coefficient (Wildman–Crippen LogP) is 1.98. The number of benzene rings is 1. The van der Waals surface area contributed by atoms with E-state index in [0.29, 0.717) is 5.69 Å². The maximum atomic E-state index is 5.89. The second kappa shape index (κ2) is 3.65. The number of nitrogen functional groups attached to an aromatic ring is 1. The molecule has 0 aliphatic rings. The van der Waals surface area contributed by atoms with Crippen LogP contribution in [0.25, 0.3) is 11.3 Å². The zero-order chi connectivity index (χ0) is 10.8. The van der Waals surface area contributed by atoms with Crippen LogP contribution >= 0.6 is 0 Å². The molecule has 2 aromatic rings. The molecule has 0 unspecified atom stereocenters. The van der Waals surface area contributed by atoms with E-state index in [0.717, 1.165) is 22.7 Å². The number of aryl methyl sites for hydroxylation is 1. The van der Waals surface area contributed by atoms with Crippen LogP contribution in [0.2, 0.25) is 0 Å². The molecule has 4 nitrogen and oxygen atoms in total. The van der Waals surface area contributed by atoms with Gasteiger partial charge in [0.1, 0.15) is 11.4 Å². The van der Waals surface area contributed by atoms with Gasteiger partial charge >= 0.3 is 0 Å². The largest absolute Gasteiger partial charge is 0.497 e. The standard InChI is InChI=1S/C11H13N3O/c1-7-10(12)11(14-13-7)8-4-3-5-9(6-8)15-2/h3-6H,12H2,1-2H3,(H,13,14). The van der Waals surface area contributed by atoms with Gasteiger partial charge in [0.15, 0.2) is 0 Å². The first-order valence-electron chi connectivity index (χ1n) is 4.67. The number of hydrogen-bond acceptors (Lipinski definition) is 3. The van der Waals surface area contributed by atoms with E-state index >= 15 is 0 Å². The number of nitrogens with zero attached hydrogens (tertiary/aromatic N) is 1. The summed E-state index contributed by atoms with van der Waals surface area (Å²) in [5.74, 6) is 0.799. The van der Waals surface area contributed by atoms with E-state index in [1.807, 2.05) is 31.2 Å². The second-order valence-corrected chi connectivity index (χ2v) is 3.34. The topological polar surface area (TPSA) is 63.9 Å². The van der Waals surface area contributed by atoms with E-state index in [-0.39, 0.29) is 0 Å². The van der Waals surface area contributed by atoms with Crippen LogP contribution < -0.4 is 10.5 Å². The van der Waals surface area contributed by atoms with E-state index < -0.39 is 0 Å². The zero-order valence-electron chi connectivity index (χ0n) is 8.74. The molecule has 0 saturated heterocycles. The van der Waals surface area contributed by atoms with Gasteiger partial charge < -0.3 is 10.5 Å². The van der Waals surface area contributed by atoms with Crippen LogP contribution in [-0.4, -0.2) is 17.3 Å². The fourth-order valence-electron chi connectivity index (χ4n) is 1.43. The highest BCUT2D eigenvalue weighted by atomic mass is 16.5. The summed E-state index contributed by atoms with van der Waals surface area (Å²) < 4.78 is 5.14. The molecule has 3 N–H and O–H groups in total. The molecule has 0 saturated carbocycles. The second-order valence-electron chi connectivity index (χ2n) is 3.34. The van der Waals surface area contributed by atoms with E-state index in [2.05, 4.69) is 10.2 Å². The number of aromatic amines is 1. The van der Waals surface area contributed by atoms with Crippen LogP contribution in [-0.2, 0) is 0 Å². The molecule has 1 aromatic heterocycles. The van der Waals surface area contributed by atoms with Crippen LogP contribution in [0.3, 0.4) is 0 Å². The van der Waals surface area contributed by atoms with Gasteiger partial charge in [0.05, 0.1) is 18.5 Å². The molecule has 1 heterocycles. The summed E-state index contributed by atoms with van der Waals surface area (Å²) in [5, 5.41) is 7.01. The Morgan fingerprint density at radius 2 is 2.20 bits per heavy atom. The zero-order valence-corrected chi connectivity index (χ0v) is 8.74. The average molecular weight is 203 g/mol. The van der Waals surface area contributed by atoms with E-state index in [9.17, 15) is 0 Å². The van der Waals surface area contributed by atoms with E-state index in [1.54, 1.807) is 7.11 Å². The SMILES string of the molecule is COc1cccc(-c2n[nH]c(C)c2N)c1. The van der Waals surface area contributed by atoms with Crippen molar-refractivity contribution in [1.82, 2.24) is 10.2 Å². The molecule has 0 aliphatic heterocycles. The first-order valence-corrected chi connectivity index (χ1v) is 4.67. The Labute approximate surface area is 88.1 Å². The van der Waals surface area contributed by atoms with Crippen molar-refractivity contribution in [2.75, 3.05) is 12.8 Å². The average Bonchev–Trinajstić information content (AvgIpc) is 2.60. The molecule has 0 bridgehead atoms. The van der Waals surface area contributed by atoms with Crippen LogP contribution in [0.5, 0.6) is 5.75 Å². The first-order chi connectivity index (χ1) is 7.22. The smallest absolute Gasteiger partial charge is 0.119 e. The third-order valence-corrected chi connectivity index (χ3v) is 2.34. The van der Waals surface area contributed by atoms with Crippen LogP contribution in [0, 0.1) is 6.92 Å². The minimum absolute atomic E-state index is 0.684. The van der Waals surface area contributed by atoms with Crippen molar-refractivity contribution >= 4 is 5.69 Å². The maximum Gasteiger partial charge on any atom is 0.119 e. The number of H-pyrrole nitrogens is 1. The van der Waals surface area contributed by atoms with Gasteiger partial charge in [-0.05, 0) is 19.1 Å². The number of rotatable bonds is 2. The Kier molecular flexibility index (Phi) is 2.33. The number of ether oxygens (including phenoxy) is 1. The number of anilines is 1.